The van der Waals surface area contributed by atoms with Gasteiger partial charge in [0.25, 0.3) is 5.91 Å². The number of piperazine rings is 1. The van der Waals surface area contributed by atoms with Crippen molar-refractivity contribution < 1.29 is 4.79 Å². The van der Waals surface area contributed by atoms with Crippen LogP contribution in [0.25, 0.3) is 33.5 Å². The van der Waals surface area contributed by atoms with Crippen LogP contribution in [0.3, 0.4) is 0 Å². The smallest absolute Gasteiger partial charge is 0.275 e. The van der Waals surface area contributed by atoms with E-state index in [1.807, 2.05) is 60.7 Å². The quantitative estimate of drug-likeness (QED) is 0.366. The lowest BCUT2D eigenvalue weighted by Crippen LogP contribution is -2.42. The van der Waals surface area contributed by atoms with Crippen LogP contribution in [-0.2, 0) is 6.54 Å². The average Bonchev–Trinajstić information content (AvgIpc) is 3.33. The minimum Gasteiger partial charge on any atom is -0.338 e. The first-order chi connectivity index (χ1) is 17.2. The highest BCUT2D eigenvalue weighted by Gasteiger charge is 2.15. The van der Waals surface area contributed by atoms with Crippen molar-refractivity contribution in [2.24, 2.45) is 0 Å². The molecule has 3 N–H and O–H groups in total. The Bertz CT molecular complexity index is 1490. The topological polar surface area (TPSA) is 98.8 Å². The zero-order chi connectivity index (χ0) is 23.6. The number of rotatable bonds is 5. The standard InChI is InChI=1S/C27H25N7O/c35-27(25-16-29-21-5-1-2-6-22(21)31-25)30-20-14-18(17-34-11-9-28-10-12-34)13-19(15-20)26-32-23-7-3-4-8-24(23)33-26/h1-8,13-16,28H,9-12,17H2,(H,30,35)(H,32,33). The fraction of sp³-hybridized carbons (Fsp3) is 0.185. The molecule has 0 saturated carbocycles. The normalized spacial score (nSPS) is 14.4. The van der Waals surface area contributed by atoms with E-state index in [2.05, 4.69) is 36.6 Å². The van der Waals surface area contributed by atoms with E-state index in [1.165, 1.54) is 6.20 Å². The Kier molecular flexibility index (Phi) is 5.65. The lowest BCUT2D eigenvalue weighted by atomic mass is 10.1. The summed E-state index contributed by atoms with van der Waals surface area (Å²) < 4.78 is 0. The van der Waals surface area contributed by atoms with E-state index in [4.69, 9.17) is 4.98 Å². The number of hydrogen-bond acceptors (Lipinski definition) is 6. The van der Waals surface area contributed by atoms with Gasteiger partial charge < -0.3 is 15.6 Å². The van der Waals surface area contributed by atoms with Crippen molar-refractivity contribution in [2.75, 3.05) is 31.5 Å². The molecular weight excluding hydrogens is 438 g/mol. The van der Waals surface area contributed by atoms with Crippen molar-refractivity contribution in [2.45, 2.75) is 6.54 Å². The summed E-state index contributed by atoms with van der Waals surface area (Å²) in [6.07, 6.45) is 1.52. The van der Waals surface area contributed by atoms with E-state index in [0.29, 0.717) is 11.2 Å². The molecule has 1 aliphatic heterocycles. The number of carbonyl (C=O) groups is 1. The van der Waals surface area contributed by atoms with Crippen LogP contribution in [0.5, 0.6) is 0 Å². The van der Waals surface area contributed by atoms with Crippen molar-refractivity contribution >= 4 is 33.7 Å². The highest BCUT2D eigenvalue weighted by molar-refractivity contribution is 6.03. The summed E-state index contributed by atoms with van der Waals surface area (Å²) in [4.78, 5) is 32.5. The number of hydrogen-bond donors (Lipinski definition) is 3. The lowest BCUT2D eigenvalue weighted by Gasteiger charge is -2.27. The van der Waals surface area contributed by atoms with Crippen molar-refractivity contribution in [3.63, 3.8) is 0 Å². The summed E-state index contributed by atoms with van der Waals surface area (Å²) in [5.41, 5.74) is 6.36. The van der Waals surface area contributed by atoms with Crippen LogP contribution in [0.2, 0.25) is 0 Å². The fourth-order valence-corrected chi connectivity index (χ4v) is 4.47. The van der Waals surface area contributed by atoms with Gasteiger partial charge in [-0.2, -0.15) is 0 Å². The van der Waals surface area contributed by atoms with Gasteiger partial charge in [-0.3, -0.25) is 14.7 Å². The van der Waals surface area contributed by atoms with Gasteiger partial charge in [-0.15, -0.1) is 0 Å². The van der Waals surface area contributed by atoms with E-state index in [-0.39, 0.29) is 11.6 Å². The number of para-hydroxylation sites is 4. The maximum Gasteiger partial charge on any atom is 0.275 e. The first-order valence-corrected chi connectivity index (χ1v) is 11.8. The summed E-state index contributed by atoms with van der Waals surface area (Å²) in [7, 11) is 0. The van der Waals surface area contributed by atoms with Crippen molar-refractivity contribution in [1.29, 1.82) is 0 Å². The number of nitrogens with zero attached hydrogens (tertiary/aromatic N) is 4. The van der Waals surface area contributed by atoms with E-state index >= 15 is 0 Å². The van der Waals surface area contributed by atoms with Crippen LogP contribution in [0.1, 0.15) is 16.1 Å². The van der Waals surface area contributed by atoms with Gasteiger partial charge in [0.1, 0.15) is 11.5 Å². The summed E-state index contributed by atoms with van der Waals surface area (Å²) in [5.74, 6) is 0.479. The maximum atomic E-state index is 13.1. The minimum absolute atomic E-state index is 0.279. The fourth-order valence-electron chi connectivity index (χ4n) is 4.47. The first kappa shape index (κ1) is 21.4. The van der Waals surface area contributed by atoms with Crippen LogP contribution in [0.4, 0.5) is 5.69 Å². The summed E-state index contributed by atoms with van der Waals surface area (Å²) in [5, 5.41) is 6.42. The highest BCUT2D eigenvalue weighted by Crippen LogP contribution is 2.26. The van der Waals surface area contributed by atoms with Crippen LogP contribution in [0.15, 0.2) is 72.9 Å². The van der Waals surface area contributed by atoms with E-state index < -0.39 is 0 Å². The molecule has 8 nitrogen and oxygen atoms in total. The highest BCUT2D eigenvalue weighted by atomic mass is 16.1. The Morgan fingerprint density at radius 2 is 1.69 bits per heavy atom. The van der Waals surface area contributed by atoms with Crippen LogP contribution in [-0.4, -0.2) is 56.9 Å². The maximum absolute atomic E-state index is 13.1. The van der Waals surface area contributed by atoms with Crippen molar-refractivity contribution in [3.05, 3.63) is 84.2 Å². The molecule has 6 rings (SSSR count). The van der Waals surface area contributed by atoms with Crippen LogP contribution in [0, 0.1) is 0 Å². The summed E-state index contributed by atoms with van der Waals surface area (Å²) >= 11 is 0. The van der Waals surface area contributed by atoms with Gasteiger partial charge in [-0.05, 0) is 48.0 Å². The van der Waals surface area contributed by atoms with E-state index in [0.717, 1.165) is 66.2 Å². The third kappa shape index (κ3) is 4.62. The molecule has 0 spiro atoms. The van der Waals surface area contributed by atoms with Gasteiger partial charge in [-0.25, -0.2) is 9.97 Å². The number of nitrogens with one attached hydrogen (secondary N) is 3. The van der Waals surface area contributed by atoms with Gasteiger partial charge in [-0.1, -0.05) is 24.3 Å². The molecule has 3 aromatic carbocycles. The third-order valence-electron chi connectivity index (χ3n) is 6.21. The van der Waals surface area contributed by atoms with Crippen molar-refractivity contribution in [3.8, 4) is 11.4 Å². The predicted molar refractivity (Wildman–Crippen MR) is 137 cm³/mol. The molecule has 1 saturated heterocycles. The molecular formula is C27H25N7O. The molecule has 1 amide bonds. The number of fused-ring (bicyclic) bond motifs is 2. The SMILES string of the molecule is O=C(Nc1cc(CN2CCNCC2)cc(-c2nc3ccccc3[nH]2)c1)c1cnc2ccccc2n1. The second-order valence-electron chi connectivity index (χ2n) is 8.75. The third-order valence-corrected chi connectivity index (χ3v) is 6.21. The number of aromatic nitrogens is 4. The Hall–Kier alpha value is -4.14. The molecule has 1 aliphatic rings. The number of carbonyl (C=O) groups excluding carboxylic acids is 1. The minimum atomic E-state index is -0.293. The Morgan fingerprint density at radius 3 is 2.51 bits per heavy atom. The molecule has 174 valence electrons. The van der Waals surface area contributed by atoms with Crippen LogP contribution >= 0.6 is 0 Å². The number of anilines is 1. The number of H-pyrrole nitrogens is 1. The molecule has 0 radical (unpaired) electrons. The monoisotopic (exact) mass is 463 g/mol. The second kappa shape index (κ2) is 9.25. The Balaban J connectivity index is 1.34. The van der Waals surface area contributed by atoms with Gasteiger partial charge in [0, 0.05) is 44.0 Å². The largest absolute Gasteiger partial charge is 0.338 e. The molecule has 5 aromatic rings. The van der Waals surface area contributed by atoms with E-state index in [1.54, 1.807) is 0 Å². The zero-order valence-electron chi connectivity index (χ0n) is 19.2. The van der Waals surface area contributed by atoms with Gasteiger partial charge in [0.15, 0.2) is 0 Å². The second-order valence-corrected chi connectivity index (χ2v) is 8.75. The van der Waals surface area contributed by atoms with Crippen molar-refractivity contribution in [1.82, 2.24) is 30.2 Å². The Morgan fingerprint density at radius 1 is 0.914 bits per heavy atom. The molecule has 0 atom stereocenters. The molecule has 1 fully saturated rings. The van der Waals surface area contributed by atoms with Crippen LogP contribution < -0.4 is 10.6 Å². The van der Waals surface area contributed by atoms with Gasteiger partial charge in [0.2, 0.25) is 0 Å². The number of amides is 1. The molecule has 8 heteroatoms. The predicted octanol–water partition coefficient (Wildman–Crippen LogP) is 3.83. The molecule has 3 heterocycles. The lowest BCUT2D eigenvalue weighted by molar-refractivity contribution is 0.102. The number of imidazole rings is 1. The molecule has 35 heavy (non-hydrogen) atoms. The number of aromatic amines is 1. The van der Waals surface area contributed by atoms with Gasteiger partial charge in [0.05, 0.1) is 28.3 Å². The average molecular weight is 464 g/mol. The zero-order valence-corrected chi connectivity index (χ0v) is 19.2. The summed E-state index contributed by atoms with van der Waals surface area (Å²) in [6, 6.07) is 21.6. The molecule has 0 unspecified atom stereocenters. The first-order valence-electron chi connectivity index (χ1n) is 11.8. The molecule has 0 bridgehead atoms. The molecule has 2 aromatic heterocycles. The molecule has 0 aliphatic carbocycles. The Labute approximate surface area is 202 Å². The van der Waals surface area contributed by atoms with E-state index in [9.17, 15) is 4.79 Å². The summed E-state index contributed by atoms with van der Waals surface area (Å²) in [6.45, 7) is 4.74. The van der Waals surface area contributed by atoms with Gasteiger partial charge >= 0.3 is 0 Å². The number of benzene rings is 3.